The lowest BCUT2D eigenvalue weighted by Crippen LogP contribution is -2.31. The molecule has 3 rings (SSSR count). The summed E-state index contributed by atoms with van der Waals surface area (Å²) in [6, 6.07) is 6.69. The first kappa shape index (κ1) is 14.4. The van der Waals surface area contributed by atoms with Crippen LogP contribution in [0.3, 0.4) is 0 Å². The van der Waals surface area contributed by atoms with Crippen molar-refractivity contribution in [3.05, 3.63) is 24.0 Å². The van der Waals surface area contributed by atoms with Crippen LogP contribution in [0.15, 0.2) is 18.2 Å². The average Bonchev–Trinajstić information content (AvgIpc) is 2.76. The number of hydrogen-bond donors (Lipinski definition) is 1. The molecule has 0 bridgehead atoms. The van der Waals surface area contributed by atoms with E-state index in [1.54, 1.807) is 0 Å². The van der Waals surface area contributed by atoms with Crippen LogP contribution in [0.4, 0.5) is 5.69 Å². The predicted octanol–water partition coefficient (Wildman–Crippen LogP) is 4.88. The second-order valence-electron chi connectivity index (χ2n) is 7.49. The van der Waals surface area contributed by atoms with Crippen LogP contribution in [0.2, 0.25) is 0 Å². The van der Waals surface area contributed by atoms with Gasteiger partial charge in [0.2, 0.25) is 0 Å². The average molecular weight is 285 g/mol. The van der Waals surface area contributed by atoms with E-state index in [2.05, 4.69) is 38.3 Å². The van der Waals surface area contributed by atoms with Gasteiger partial charge >= 0.3 is 0 Å². The standard InChI is InChI=1S/C18H27N3/c1-12(2)17-20-14-11-13(19)8-9-15(14)21(17)16-7-5-6-10-18(16,3)4/h8-9,11-12,16H,5-7,10,19H2,1-4H3. The zero-order valence-corrected chi connectivity index (χ0v) is 13.7. The zero-order chi connectivity index (χ0) is 15.2. The molecule has 1 fully saturated rings. The highest BCUT2D eigenvalue weighted by molar-refractivity contribution is 5.80. The predicted molar refractivity (Wildman–Crippen MR) is 89.5 cm³/mol. The molecule has 1 heterocycles. The first-order chi connectivity index (χ1) is 9.90. The maximum Gasteiger partial charge on any atom is 0.112 e. The van der Waals surface area contributed by atoms with Gasteiger partial charge in [0.1, 0.15) is 5.82 Å². The fraction of sp³-hybridized carbons (Fsp3) is 0.611. The van der Waals surface area contributed by atoms with Gasteiger partial charge in [-0.2, -0.15) is 0 Å². The van der Waals surface area contributed by atoms with Crippen molar-refractivity contribution in [1.82, 2.24) is 9.55 Å². The Morgan fingerprint density at radius 2 is 2.05 bits per heavy atom. The van der Waals surface area contributed by atoms with Crippen molar-refractivity contribution in [3.8, 4) is 0 Å². The van der Waals surface area contributed by atoms with Gasteiger partial charge in [-0.25, -0.2) is 4.98 Å². The van der Waals surface area contributed by atoms with E-state index < -0.39 is 0 Å². The normalized spacial score (nSPS) is 22.0. The van der Waals surface area contributed by atoms with Crippen molar-refractivity contribution < 1.29 is 0 Å². The molecular formula is C18H27N3. The van der Waals surface area contributed by atoms with E-state index >= 15 is 0 Å². The summed E-state index contributed by atoms with van der Waals surface area (Å²) >= 11 is 0. The lowest BCUT2D eigenvalue weighted by atomic mass is 9.73. The molecule has 2 aromatic rings. The van der Waals surface area contributed by atoms with E-state index in [0.29, 0.717) is 17.4 Å². The molecule has 1 aromatic heterocycles. The minimum atomic E-state index is 0.330. The molecule has 0 amide bonds. The SMILES string of the molecule is CC(C)c1nc2cc(N)ccc2n1C1CCCCC1(C)C. The van der Waals surface area contributed by atoms with Crippen LogP contribution in [-0.4, -0.2) is 9.55 Å². The van der Waals surface area contributed by atoms with Crippen LogP contribution in [0, 0.1) is 5.41 Å². The van der Waals surface area contributed by atoms with Gasteiger partial charge in [0.05, 0.1) is 11.0 Å². The Bertz CT molecular complexity index is 652. The van der Waals surface area contributed by atoms with Crippen LogP contribution in [0.5, 0.6) is 0 Å². The summed E-state index contributed by atoms with van der Waals surface area (Å²) in [5.41, 5.74) is 9.35. The van der Waals surface area contributed by atoms with E-state index in [1.807, 2.05) is 12.1 Å². The first-order valence-electron chi connectivity index (χ1n) is 8.17. The maximum atomic E-state index is 5.94. The minimum absolute atomic E-state index is 0.330. The van der Waals surface area contributed by atoms with Crippen LogP contribution < -0.4 is 5.73 Å². The fourth-order valence-electron chi connectivity index (χ4n) is 3.82. The third-order valence-electron chi connectivity index (χ3n) is 5.02. The molecule has 2 N–H and O–H groups in total. The number of nitrogen functional groups attached to an aromatic ring is 1. The monoisotopic (exact) mass is 285 g/mol. The van der Waals surface area contributed by atoms with Crippen LogP contribution in [0.25, 0.3) is 11.0 Å². The van der Waals surface area contributed by atoms with Gasteiger partial charge < -0.3 is 10.3 Å². The Hall–Kier alpha value is -1.51. The Kier molecular flexibility index (Phi) is 3.46. The molecule has 1 aromatic carbocycles. The van der Waals surface area contributed by atoms with Crippen molar-refractivity contribution in [1.29, 1.82) is 0 Å². The number of hydrogen-bond acceptors (Lipinski definition) is 2. The van der Waals surface area contributed by atoms with Crippen molar-refractivity contribution in [2.75, 3.05) is 5.73 Å². The smallest absolute Gasteiger partial charge is 0.112 e. The van der Waals surface area contributed by atoms with Crippen molar-refractivity contribution >= 4 is 16.7 Å². The highest BCUT2D eigenvalue weighted by atomic mass is 15.1. The summed E-state index contributed by atoms with van der Waals surface area (Å²) in [5.74, 6) is 1.63. The number of imidazole rings is 1. The molecule has 1 saturated carbocycles. The Labute approximate surface area is 127 Å². The number of rotatable bonds is 2. The van der Waals surface area contributed by atoms with Crippen molar-refractivity contribution in [2.24, 2.45) is 5.41 Å². The van der Waals surface area contributed by atoms with Gasteiger partial charge in [0.15, 0.2) is 0 Å². The molecule has 1 atom stereocenters. The Morgan fingerprint density at radius 3 is 2.71 bits per heavy atom. The third kappa shape index (κ3) is 2.43. The highest BCUT2D eigenvalue weighted by Gasteiger charge is 2.35. The number of benzene rings is 1. The quantitative estimate of drug-likeness (QED) is 0.799. The molecule has 114 valence electrons. The van der Waals surface area contributed by atoms with Gasteiger partial charge in [0, 0.05) is 17.6 Å². The molecular weight excluding hydrogens is 258 g/mol. The van der Waals surface area contributed by atoms with Crippen LogP contribution >= 0.6 is 0 Å². The van der Waals surface area contributed by atoms with Gasteiger partial charge in [0.25, 0.3) is 0 Å². The molecule has 3 nitrogen and oxygen atoms in total. The molecule has 1 unspecified atom stereocenters. The van der Waals surface area contributed by atoms with Crippen LogP contribution in [0.1, 0.15) is 71.2 Å². The molecule has 0 spiro atoms. The minimum Gasteiger partial charge on any atom is -0.399 e. The lowest BCUT2D eigenvalue weighted by molar-refractivity contribution is 0.144. The van der Waals surface area contributed by atoms with E-state index in [-0.39, 0.29) is 0 Å². The highest BCUT2D eigenvalue weighted by Crippen LogP contribution is 2.46. The Morgan fingerprint density at radius 1 is 1.29 bits per heavy atom. The van der Waals surface area contributed by atoms with Gasteiger partial charge in [-0.3, -0.25) is 0 Å². The molecule has 1 aliphatic rings. The third-order valence-corrected chi connectivity index (χ3v) is 5.02. The van der Waals surface area contributed by atoms with E-state index in [0.717, 1.165) is 11.2 Å². The number of nitrogens with zero attached hydrogens (tertiary/aromatic N) is 2. The number of nitrogens with two attached hydrogens (primary N) is 1. The largest absolute Gasteiger partial charge is 0.399 e. The van der Waals surface area contributed by atoms with Crippen molar-refractivity contribution in [2.45, 2.75) is 65.3 Å². The van der Waals surface area contributed by atoms with E-state index in [1.165, 1.54) is 37.0 Å². The zero-order valence-electron chi connectivity index (χ0n) is 13.7. The maximum absolute atomic E-state index is 5.94. The summed E-state index contributed by atoms with van der Waals surface area (Å²) < 4.78 is 2.51. The summed E-state index contributed by atoms with van der Waals surface area (Å²) in [4.78, 5) is 4.90. The topological polar surface area (TPSA) is 43.8 Å². The second kappa shape index (κ2) is 5.04. The number of fused-ring (bicyclic) bond motifs is 1. The van der Waals surface area contributed by atoms with Crippen molar-refractivity contribution in [3.63, 3.8) is 0 Å². The summed E-state index contributed by atoms with van der Waals surface area (Å²) in [7, 11) is 0. The van der Waals surface area contributed by atoms with Crippen LogP contribution in [-0.2, 0) is 0 Å². The first-order valence-corrected chi connectivity index (χ1v) is 8.17. The number of aromatic nitrogens is 2. The molecule has 3 heteroatoms. The fourth-order valence-corrected chi connectivity index (χ4v) is 3.82. The molecule has 0 saturated heterocycles. The molecule has 21 heavy (non-hydrogen) atoms. The van der Waals surface area contributed by atoms with E-state index in [9.17, 15) is 0 Å². The molecule has 0 radical (unpaired) electrons. The Balaban J connectivity index is 2.21. The van der Waals surface area contributed by atoms with E-state index in [4.69, 9.17) is 10.7 Å². The lowest BCUT2D eigenvalue weighted by Gasteiger charge is -2.40. The summed E-state index contributed by atoms with van der Waals surface area (Å²) in [6.45, 7) is 9.28. The second-order valence-corrected chi connectivity index (χ2v) is 7.49. The summed E-state index contributed by atoms with van der Waals surface area (Å²) in [5, 5.41) is 0. The van der Waals surface area contributed by atoms with Gasteiger partial charge in [-0.15, -0.1) is 0 Å². The summed E-state index contributed by atoms with van der Waals surface area (Å²) in [6.07, 6.45) is 5.22. The van der Waals surface area contributed by atoms with Gasteiger partial charge in [-0.05, 0) is 36.5 Å². The molecule has 0 aliphatic heterocycles. The number of anilines is 1. The van der Waals surface area contributed by atoms with Gasteiger partial charge in [-0.1, -0.05) is 40.5 Å². The molecule has 1 aliphatic carbocycles.